The van der Waals surface area contributed by atoms with Gasteiger partial charge in [-0.3, -0.25) is 9.36 Å². The SMILES string of the molecule is O=C(CSc1n[nH]c(=O)n1Cc1ccccc1)N1CCCCCCC1. The lowest BCUT2D eigenvalue weighted by Gasteiger charge is -2.24. The molecule has 7 heteroatoms. The maximum atomic E-state index is 12.5. The van der Waals surface area contributed by atoms with Crippen LogP contribution in [-0.2, 0) is 11.3 Å². The average Bonchev–Trinajstić information content (AvgIpc) is 2.93. The monoisotopic (exact) mass is 360 g/mol. The van der Waals surface area contributed by atoms with Crippen LogP contribution in [0.15, 0.2) is 40.3 Å². The van der Waals surface area contributed by atoms with Gasteiger partial charge in [0, 0.05) is 13.1 Å². The van der Waals surface area contributed by atoms with Crippen molar-refractivity contribution in [3.63, 3.8) is 0 Å². The highest BCUT2D eigenvalue weighted by Crippen LogP contribution is 2.17. The Morgan fingerprint density at radius 1 is 1.08 bits per heavy atom. The molecule has 1 fully saturated rings. The maximum absolute atomic E-state index is 12.5. The van der Waals surface area contributed by atoms with E-state index in [2.05, 4.69) is 10.2 Å². The largest absolute Gasteiger partial charge is 0.344 e. The van der Waals surface area contributed by atoms with Crippen LogP contribution in [0.5, 0.6) is 0 Å². The lowest BCUT2D eigenvalue weighted by Crippen LogP contribution is -2.35. The lowest BCUT2D eigenvalue weighted by atomic mass is 10.1. The number of nitrogens with zero attached hydrogens (tertiary/aromatic N) is 3. The summed E-state index contributed by atoms with van der Waals surface area (Å²) in [7, 11) is 0. The zero-order valence-corrected chi connectivity index (χ0v) is 15.1. The molecule has 1 aromatic carbocycles. The van der Waals surface area contributed by atoms with E-state index in [0.717, 1.165) is 31.5 Å². The Bertz CT molecular complexity index is 733. The maximum Gasteiger partial charge on any atom is 0.344 e. The summed E-state index contributed by atoms with van der Waals surface area (Å²) in [6.07, 6.45) is 5.84. The first kappa shape index (κ1) is 17.8. The predicted molar refractivity (Wildman–Crippen MR) is 98.8 cm³/mol. The standard InChI is InChI=1S/C18H24N4O2S/c23-16(21-11-7-2-1-3-8-12-21)14-25-18-20-19-17(24)22(18)13-15-9-5-4-6-10-15/h4-6,9-10H,1-3,7-8,11-14H2,(H,19,24). The first-order valence-electron chi connectivity index (χ1n) is 8.84. The van der Waals surface area contributed by atoms with Gasteiger partial charge in [0.1, 0.15) is 0 Å². The molecule has 2 heterocycles. The van der Waals surface area contributed by atoms with Crippen LogP contribution in [0.4, 0.5) is 0 Å². The molecule has 6 nitrogen and oxygen atoms in total. The summed E-state index contributed by atoms with van der Waals surface area (Å²) in [6, 6.07) is 9.77. The molecule has 0 radical (unpaired) electrons. The van der Waals surface area contributed by atoms with Gasteiger partial charge in [-0.1, -0.05) is 61.4 Å². The molecule has 0 aliphatic carbocycles. The van der Waals surface area contributed by atoms with Crippen molar-refractivity contribution >= 4 is 17.7 Å². The fourth-order valence-electron chi connectivity index (χ4n) is 3.03. The van der Waals surface area contributed by atoms with E-state index in [1.165, 1.54) is 31.0 Å². The first-order valence-corrected chi connectivity index (χ1v) is 9.82. The fraction of sp³-hybridized carbons (Fsp3) is 0.500. The van der Waals surface area contributed by atoms with Crippen LogP contribution in [0.3, 0.4) is 0 Å². The van der Waals surface area contributed by atoms with Gasteiger partial charge in [0.25, 0.3) is 0 Å². The molecule has 1 amide bonds. The van der Waals surface area contributed by atoms with Crippen molar-refractivity contribution in [1.29, 1.82) is 0 Å². The van der Waals surface area contributed by atoms with E-state index in [9.17, 15) is 9.59 Å². The average molecular weight is 360 g/mol. The van der Waals surface area contributed by atoms with Crippen LogP contribution >= 0.6 is 11.8 Å². The van der Waals surface area contributed by atoms with Gasteiger partial charge < -0.3 is 4.90 Å². The normalized spacial score (nSPS) is 15.6. The number of benzene rings is 1. The van der Waals surface area contributed by atoms with Gasteiger partial charge in [-0.25, -0.2) is 9.89 Å². The molecule has 134 valence electrons. The number of thioether (sulfide) groups is 1. The van der Waals surface area contributed by atoms with Crippen molar-refractivity contribution in [3.05, 3.63) is 46.4 Å². The van der Waals surface area contributed by atoms with Gasteiger partial charge in [0.15, 0.2) is 5.16 Å². The van der Waals surface area contributed by atoms with Crippen LogP contribution in [0.25, 0.3) is 0 Å². The predicted octanol–water partition coefficient (Wildman–Crippen LogP) is 2.50. The number of aromatic nitrogens is 3. The summed E-state index contributed by atoms with van der Waals surface area (Å²) in [4.78, 5) is 26.5. The van der Waals surface area contributed by atoms with E-state index in [1.54, 1.807) is 4.57 Å². The number of amides is 1. The summed E-state index contributed by atoms with van der Waals surface area (Å²) in [6.45, 7) is 2.14. The van der Waals surface area contributed by atoms with Crippen molar-refractivity contribution in [2.75, 3.05) is 18.8 Å². The molecule has 0 unspecified atom stereocenters. The highest BCUT2D eigenvalue weighted by molar-refractivity contribution is 7.99. The van der Waals surface area contributed by atoms with Crippen LogP contribution in [-0.4, -0.2) is 44.4 Å². The van der Waals surface area contributed by atoms with Crippen LogP contribution in [0, 0.1) is 0 Å². The minimum atomic E-state index is -0.245. The zero-order chi connectivity index (χ0) is 17.5. The summed E-state index contributed by atoms with van der Waals surface area (Å²) < 4.78 is 1.58. The molecule has 25 heavy (non-hydrogen) atoms. The fourth-order valence-corrected chi connectivity index (χ4v) is 3.88. The second-order valence-electron chi connectivity index (χ2n) is 6.32. The Labute approximate surface area is 151 Å². The third-order valence-electron chi connectivity index (χ3n) is 4.44. The van der Waals surface area contributed by atoms with Crippen LogP contribution in [0.1, 0.15) is 37.7 Å². The topological polar surface area (TPSA) is 71.0 Å². The van der Waals surface area contributed by atoms with Gasteiger partial charge in [-0.15, -0.1) is 5.10 Å². The van der Waals surface area contributed by atoms with E-state index < -0.39 is 0 Å². The van der Waals surface area contributed by atoms with E-state index in [0.29, 0.717) is 17.5 Å². The van der Waals surface area contributed by atoms with Crippen molar-refractivity contribution in [1.82, 2.24) is 19.7 Å². The summed E-state index contributed by atoms with van der Waals surface area (Å²) >= 11 is 1.33. The van der Waals surface area contributed by atoms with Crippen molar-refractivity contribution in [2.24, 2.45) is 0 Å². The van der Waals surface area contributed by atoms with Crippen LogP contribution in [0.2, 0.25) is 0 Å². The highest BCUT2D eigenvalue weighted by Gasteiger charge is 2.17. The number of hydrogen-bond acceptors (Lipinski definition) is 4. The Hall–Kier alpha value is -2.02. The Balaban J connectivity index is 1.61. The summed E-state index contributed by atoms with van der Waals surface area (Å²) in [5.41, 5.74) is 0.785. The number of carbonyl (C=O) groups excluding carboxylic acids is 1. The lowest BCUT2D eigenvalue weighted by molar-refractivity contribution is -0.128. The third kappa shape index (κ3) is 4.98. The molecule has 1 aromatic heterocycles. The molecule has 2 aromatic rings. The van der Waals surface area contributed by atoms with Gasteiger partial charge in [-0.05, 0) is 18.4 Å². The minimum Gasteiger partial charge on any atom is -0.342 e. The number of hydrogen-bond donors (Lipinski definition) is 1. The molecule has 1 saturated heterocycles. The Morgan fingerprint density at radius 3 is 2.48 bits per heavy atom. The molecule has 1 N–H and O–H groups in total. The number of rotatable bonds is 5. The number of nitrogens with one attached hydrogen (secondary N) is 1. The molecule has 1 aliphatic heterocycles. The molecule has 0 atom stereocenters. The van der Waals surface area contributed by atoms with Crippen molar-refractivity contribution in [2.45, 2.75) is 43.8 Å². The molecule has 0 saturated carbocycles. The third-order valence-corrected chi connectivity index (χ3v) is 5.40. The number of carbonyl (C=O) groups is 1. The first-order chi connectivity index (χ1) is 12.2. The molecule has 0 bridgehead atoms. The van der Waals surface area contributed by atoms with Gasteiger partial charge in [-0.2, -0.15) is 0 Å². The number of aromatic amines is 1. The highest BCUT2D eigenvalue weighted by atomic mass is 32.2. The second-order valence-corrected chi connectivity index (χ2v) is 7.26. The molecule has 3 rings (SSSR count). The molecule has 1 aliphatic rings. The van der Waals surface area contributed by atoms with Gasteiger partial charge >= 0.3 is 5.69 Å². The molecular weight excluding hydrogens is 336 g/mol. The quantitative estimate of drug-likeness (QED) is 0.832. The summed E-state index contributed by atoms with van der Waals surface area (Å²) in [5, 5.41) is 7.14. The van der Waals surface area contributed by atoms with Gasteiger partial charge in [0.2, 0.25) is 5.91 Å². The Kier molecular flexibility index (Phi) is 6.33. The summed E-state index contributed by atoms with van der Waals surface area (Å²) in [5.74, 6) is 0.452. The minimum absolute atomic E-state index is 0.133. The second kappa shape index (κ2) is 8.89. The van der Waals surface area contributed by atoms with Crippen molar-refractivity contribution in [3.8, 4) is 0 Å². The van der Waals surface area contributed by atoms with E-state index in [-0.39, 0.29) is 11.6 Å². The van der Waals surface area contributed by atoms with Crippen molar-refractivity contribution < 1.29 is 4.79 Å². The van der Waals surface area contributed by atoms with Crippen LogP contribution < -0.4 is 5.69 Å². The smallest absolute Gasteiger partial charge is 0.342 e. The van der Waals surface area contributed by atoms with E-state index >= 15 is 0 Å². The van der Waals surface area contributed by atoms with Gasteiger partial charge in [0.05, 0.1) is 12.3 Å². The number of H-pyrrole nitrogens is 1. The molecule has 0 spiro atoms. The van der Waals surface area contributed by atoms with E-state index in [1.807, 2.05) is 35.2 Å². The molecular formula is C18H24N4O2S. The zero-order valence-electron chi connectivity index (χ0n) is 14.3. The number of likely N-dealkylation sites (tertiary alicyclic amines) is 1. The Morgan fingerprint density at radius 2 is 1.76 bits per heavy atom. The van der Waals surface area contributed by atoms with E-state index in [4.69, 9.17) is 0 Å².